The van der Waals surface area contributed by atoms with Crippen LogP contribution in [-0.2, 0) is 14.3 Å². The Labute approximate surface area is 165 Å². The molecule has 0 spiro atoms. The molecule has 8 heteroatoms. The highest BCUT2D eigenvalue weighted by Gasteiger charge is 2.18. The first-order valence-corrected chi connectivity index (χ1v) is 8.75. The lowest BCUT2D eigenvalue weighted by atomic mass is 10.1. The number of anilines is 1. The van der Waals surface area contributed by atoms with E-state index in [-0.39, 0.29) is 12.5 Å². The molecular formula is C21H15N3O5. The normalized spacial score (nSPS) is 12.9. The van der Waals surface area contributed by atoms with Crippen LogP contribution in [0.1, 0.15) is 16.1 Å². The van der Waals surface area contributed by atoms with Crippen molar-refractivity contribution in [3.8, 4) is 5.75 Å². The zero-order chi connectivity index (χ0) is 20.2. The van der Waals surface area contributed by atoms with Gasteiger partial charge in [0.15, 0.2) is 19.0 Å². The van der Waals surface area contributed by atoms with Crippen molar-refractivity contribution in [1.82, 2.24) is 9.97 Å². The molecule has 0 unspecified atom stereocenters. The molecule has 144 valence electrons. The van der Waals surface area contributed by atoms with Crippen LogP contribution in [0.15, 0.2) is 54.7 Å². The molecule has 1 aliphatic rings. The van der Waals surface area contributed by atoms with Gasteiger partial charge in [0.25, 0.3) is 5.91 Å². The molecule has 1 aromatic heterocycles. The number of carbonyl (C=O) groups excluding carboxylic acids is 3. The van der Waals surface area contributed by atoms with Crippen LogP contribution in [0, 0.1) is 0 Å². The van der Waals surface area contributed by atoms with Crippen molar-refractivity contribution in [2.45, 2.75) is 0 Å². The number of benzene rings is 2. The third-order valence-corrected chi connectivity index (χ3v) is 4.14. The maximum Gasteiger partial charge on any atom is 0.331 e. The van der Waals surface area contributed by atoms with Crippen LogP contribution in [0.2, 0.25) is 0 Å². The van der Waals surface area contributed by atoms with Gasteiger partial charge < -0.3 is 14.8 Å². The Morgan fingerprint density at radius 2 is 2.00 bits per heavy atom. The molecule has 1 N–H and O–H groups in total. The Balaban J connectivity index is 1.36. The summed E-state index contributed by atoms with van der Waals surface area (Å²) in [7, 11) is 0. The van der Waals surface area contributed by atoms with E-state index < -0.39 is 18.4 Å². The fourth-order valence-electron chi connectivity index (χ4n) is 2.73. The summed E-state index contributed by atoms with van der Waals surface area (Å²) in [6.07, 6.45) is 4.20. The zero-order valence-electron chi connectivity index (χ0n) is 15.1. The number of hydrogen-bond acceptors (Lipinski definition) is 7. The molecule has 2 heterocycles. The molecule has 0 bridgehead atoms. The Bertz CT molecular complexity index is 1160. The SMILES string of the molecule is O=C1COc2ccc(C(=O)COC(=O)C=Cc3cnc4ccccc4n3)cc2N1. The smallest absolute Gasteiger partial charge is 0.331 e. The van der Waals surface area contributed by atoms with Crippen molar-refractivity contribution < 1.29 is 23.9 Å². The second-order valence-corrected chi connectivity index (χ2v) is 6.20. The number of rotatable bonds is 5. The maximum atomic E-state index is 12.3. The van der Waals surface area contributed by atoms with E-state index in [1.54, 1.807) is 18.3 Å². The average molecular weight is 389 g/mol. The Kier molecular flexibility index (Phi) is 4.98. The van der Waals surface area contributed by atoms with Crippen LogP contribution < -0.4 is 10.1 Å². The monoisotopic (exact) mass is 389 g/mol. The van der Waals surface area contributed by atoms with Crippen LogP contribution in [-0.4, -0.2) is 40.8 Å². The molecule has 1 amide bonds. The third kappa shape index (κ3) is 4.27. The summed E-state index contributed by atoms with van der Waals surface area (Å²) in [5.41, 5.74) is 2.67. The van der Waals surface area contributed by atoms with E-state index in [1.165, 1.54) is 18.2 Å². The third-order valence-electron chi connectivity index (χ3n) is 4.14. The highest BCUT2D eigenvalue weighted by atomic mass is 16.5. The van der Waals surface area contributed by atoms with E-state index >= 15 is 0 Å². The van der Waals surface area contributed by atoms with E-state index in [0.717, 1.165) is 5.52 Å². The number of carbonyl (C=O) groups is 3. The van der Waals surface area contributed by atoms with Gasteiger partial charge in [0, 0.05) is 11.6 Å². The predicted molar refractivity (Wildman–Crippen MR) is 104 cm³/mol. The summed E-state index contributed by atoms with van der Waals surface area (Å²) in [4.78, 5) is 44.2. The number of fused-ring (bicyclic) bond motifs is 2. The van der Waals surface area contributed by atoms with Crippen LogP contribution in [0.3, 0.4) is 0 Å². The second kappa shape index (κ2) is 7.89. The largest absolute Gasteiger partial charge is 0.482 e. The Morgan fingerprint density at radius 1 is 1.17 bits per heavy atom. The van der Waals surface area contributed by atoms with Gasteiger partial charge in [0.05, 0.1) is 28.6 Å². The average Bonchev–Trinajstić information content (AvgIpc) is 2.75. The molecule has 8 nitrogen and oxygen atoms in total. The molecule has 29 heavy (non-hydrogen) atoms. The van der Waals surface area contributed by atoms with Gasteiger partial charge in [-0.3, -0.25) is 14.6 Å². The summed E-state index contributed by atoms with van der Waals surface area (Å²) in [5.74, 6) is -0.893. The first-order valence-electron chi connectivity index (χ1n) is 8.75. The van der Waals surface area contributed by atoms with Gasteiger partial charge in [-0.25, -0.2) is 9.78 Å². The standard InChI is InChI=1S/C21H15N3O5/c25-18(13-5-7-19-17(9-13)24-20(26)12-28-19)11-29-21(27)8-6-14-10-22-15-3-1-2-4-16(15)23-14/h1-10H,11-12H2,(H,24,26). The number of ketones is 1. The Hall–Kier alpha value is -4.07. The first kappa shape index (κ1) is 18.3. The predicted octanol–water partition coefficient (Wildman–Crippen LogP) is 2.40. The van der Waals surface area contributed by atoms with E-state index in [4.69, 9.17) is 9.47 Å². The van der Waals surface area contributed by atoms with E-state index in [0.29, 0.717) is 28.2 Å². The maximum absolute atomic E-state index is 12.3. The minimum absolute atomic E-state index is 0.0637. The number of nitrogens with one attached hydrogen (secondary N) is 1. The molecule has 1 aliphatic heterocycles. The molecular weight excluding hydrogens is 374 g/mol. The van der Waals surface area contributed by atoms with Gasteiger partial charge in [0.2, 0.25) is 0 Å². The number of hydrogen-bond donors (Lipinski definition) is 1. The fourth-order valence-corrected chi connectivity index (χ4v) is 2.73. The lowest BCUT2D eigenvalue weighted by Crippen LogP contribution is -2.25. The van der Waals surface area contributed by atoms with Gasteiger partial charge in [0.1, 0.15) is 5.75 Å². The highest BCUT2D eigenvalue weighted by molar-refractivity contribution is 6.02. The molecule has 3 aromatic rings. The molecule has 0 saturated heterocycles. The summed E-state index contributed by atoms with van der Waals surface area (Å²) in [6, 6.07) is 12.0. The van der Waals surface area contributed by atoms with Crippen molar-refractivity contribution in [2.75, 3.05) is 18.5 Å². The lowest BCUT2D eigenvalue weighted by Gasteiger charge is -2.18. The number of ether oxygens (including phenoxy) is 2. The van der Waals surface area contributed by atoms with Crippen LogP contribution in [0.4, 0.5) is 5.69 Å². The number of esters is 1. The highest BCUT2D eigenvalue weighted by Crippen LogP contribution is 2.28. The van der Waals surface area contributed by atoms with Gasteiger partial charge in [-0.05, 0) is 36.4 Å². The minimum atomic E-state index is -0.678. The van der Waals surface area contributed by atoms with Crippen molar-refractivity contribution in [2.24, 2.45) is 0 Å². The van der Waals surface area contributed by atoms with Crippen LogP contribution in [0.25, 0.3) is 17.1 Å². The summed E-state index contributed by atoms with van der Waals surface area (Å²) >= 11 is 0. The fraction of sp³-hybridized carbons (Fsp3) is 0.0952. The number of nitrogens with zero attached hydrogens (tertiary/aromatic N) is 2. The molecule has 0 aliphatic carbocycles. The first-order chi connectivity index (χ1) is 14.1. The Morgan fingerprint density at radius 3 is 2.86 bits per heavy atom. The van der Waals surface area contributed by atoms with E-state index in [2.05, 4.69) is 15.3 Å². The number of amides is 1. The van der Waals surface area contributed by atoms with Gasteiger partial charge in [-0.2, -0.15) is 0 Å². The summed E-state index contributed by atoms with van der Waals surface area (Å²) in [6.45, 7) is -0.494. The van der Waals surface area contributed by atoms with Gasteiger partial charge in [-0.15, -0.1) is 0 Å². The van der Waals surface area contributed by atoms with Crippen molar-refractivity contribution >= 4 is 40.5 Å². The second-order valence-electron chi connectivity index (χ2n) is 6.20. The van der Waals surface area contributed by atoms with Crippen LogP contribution >= 0.6 is 0 Å². The van der Waals surface area contributed by atoms with Crippen molar-refractivity contribution in [1.29, 1.82) is 0 Å². The van der Waals surface area contributed by atoms with Crippen molar-refractivity contribution in [3.05, 3.63) is 66.0 Å². The quantitative estimate of drug-likeness (QED) is 0.406. The molecule has 0 saturated carbocycles. The number of aromatic nitrogens is 2. The molecule has 0 fully saturated rings. The molecule has 4 rings (SSSR count). The molecule has 0 atom stereocenters. The summed E-state index contributed by atoms with van der Waals surface area (Å²) in [5, 5.41) is 2.62. The summed E-state index contributed by atoms with van der Waals surface area (Å²) < 4.78 is 10.2. The lowest BCUT2D eigenvalue weighted by molar-refractivity contribution is -0.136. The van der Waals surface area contributed by atoms with Crippen LogP contribution in [0.5, 0.6) is 5.75 Å². The zero-order valence-corrected chi connectivity index (χ0v) is 15.1. The number of para-hydroxylation sites is 2. The van der Waals surface area contributed by atoms with Gasteiger partial charge >= 0.3 is 5.97 Å². The molecule has 2 aromatic carbocycles. The number of Topliss-reactive ketones (excluding diaryl/α,β-unsaturated/α-hetero) is 1. The molecule has 0 radical (unpaired) electrons. The van der Waals surface area contributed by atoms with Gasteiger partial charge in [-0.1, -0.05) is 12.1 Å². The van der Waals surface area contributed by atoms with E-state index in [1.807, 2.05) is 24.3 Å². The van der Waals surface area contributed by atoms with Crippen molar-refractivity contribution in [3.63, 3.8) is 0 Å². The van der Waals surface area contributed by atoms with E-state index in [9.17, 15) is 14.4 Å². The minimum Gasteiger partial charge on any atom is -0.482 e. The topological polar surface area (TPSA) is 107 Å².